The van der Waals surface area contributed by atoms with E-state index in [1.165, 1.54) is 43.4 Å². The molecule has 21 heavy (non-hydrogen) atoms. The number of epoxide rings is 1. The van der Waals surface area contributed by atoms with Crippen LogP contribution >= 0.6 is 0 Å². The normalized spacial score (nSPS) is 26.3. The first kappa shape index (κ1) is 13.3. The average Bonchev–Trinajstić information content (AvgIpc) is 3.19. The summed E-state index contributed by atoms with van der Waals surface area (Å²) in [6, 6.07) is 4.24. The predicted octanol–water partition coefficient (Wildman–Crippen LogP) is 3.73. The number of nitrogens with zero attached hydrogens (tertiary/aromatic N) is 1. The second-order valence-corrected chi connectivity index (χ2v) is 6.32. The number of hydrogen-bond acceptors (Lipinski definition) is 3. The molecule has 2 aliphatic rings. The van der Waals surface area contributed by atoms with Gasteiger partial charge in [-0.1, -0.05) is 32.1 Å². The maximum absolute atomic E-state index is 5.55. The maximum atomic E-state index is 5.55. The van der Waals surface area contributed by atoms with Crippen LogP contribution in [0.5, 0.6) is 0 Å². The molecular formula is C17H22N2O2. The lowest BCUT2D eigenvalue weighted by Crippen LogP contribution is -2.09. The Labute approximate surface area is 124 Å². The number of fused-ring (bicyclic) bond motifs is 1. The average molecular weight is 286 g/mol. The van der Waals surface area contributed by atoms with Crippen LogP contribution in [0.3, 0.4) is 0 Å². The number of aromatic amines is 1. The number of pyridine rings is 1. The third-order valence-corrected chi connectivity index (χ3v) is 4.83. The molecule has 112 valence electrons. The maximum Gasteiger partial charge on any atom is 0.188 e. The molecule has 0 spiro atoms. The number of H-pyrrole nitrogens is 1. The van der Waals surface area contributed by atoms with Crippen LogP contribution < -0.4 is 0 Å². The zero-order valence-electron chi connectivity index (χ0n) is 12.5. The lowest BCUT2D eigenvalue weighted by molar-refractivity contribution is 0.0950. The van der Waals surface area contributed by atoms with Crippen molar-refractivity contribution in [2.45, 2.75) is 50.9 Å². The summed E-state index contributed by atoms with van der Waals surface area (Å²) >= 11 is 0. The topological polar surface area (TPSA) is 50.4 Å². The molecule has 1 saturated carbocycles. The summed E-state index contributed by atoms with van der Waals surface area (Å²) in [5, 5.41) is 0. The fourth-order valence-electron chi connectivity index (χ4n) is 3.65. The predicted molar refractivity (Wildman–Crippen MR) is 81.0 cm³/mol. The molecule has 4 heteroatoms. The Balaban J connectivity index is 1.59. The van der Waals surface area contributed by atoms with E-state index in [1.807, 2.05) is 12.3 Å². The molecule has 1 aliphatic carbocycles. The van der Waals surface area contributed by atoms with Crippen LogP contribution in [-0.2, 0) is 15.9 Å². The largest absolute Gasteiger partial charge is 0.357 e. The molecule has 2 aromatic heterocycles. The highest BCUT2D eigenvalue weighted by Gasteiger charge is 2.42. The summed E-state index contributed by atoms with van der Waals surface area (Å²) in [6.07, 6.45) is 9.90. The van der Waals surface area contributed by atoms with Crippen molar-refractivity contribution in [1.29, 1.82) is 0 Å². The Morgan fingerprint density at radius 1 is 1.33 bits per heavy atom. The minimum absolute atomic E-state index is 0.0571. The van der Waals surface area contributed by atoms with Gasteiger partial charge in [-0.3, -0.25) is 4.98 Å². The van der Waals surface area contributed by atoms with Crippen molar-refractivity contribution >= 4 is 11.0 Å². The lowest BCUT2D eigenvalue weighted by Gasteiger charge is -2.20. The van der Waals surface area contributed by atoms with Gasteiger partial charge < -0.3 is 14.5 Å². The van der Waals surface area contributed by atoms with E-state index in [4.69, 9.17) is 9.47 Å². The van der Waals surface area contributed by atoms with Crippen LogP contribution in [0, 0.1) is 5.92 Å². The van der Waals surface area contributed by atoms with E-state index in [2.05, 4.69) is 16.0 Å². The first-order valence-electron chi connectivity index (χ1n) is 8.00. The Morgan fingerprint density at radius 3 is 2.95 bits per heavy atom. The van der Waals surface area contributed by atoms with Gasteiger partial charge in [-0.2, -0.15) is 0 Å². The number of aromatic nitrogens is 2. The van der Waals surface area contributed by atoms with Crippen molar-refractivity contribution in [2.24, 2.45) is 5.92 Å². The fraction of sp³-hybridized carbons (Fsp3) is 0.588. The van der Waals surface area contributed by atoms with Gasteiger partial charge in [-0.05, 0) is 24.5 Å². The van der Waals surface area contributed by atoms with E-state index in [9.17, 15) is 0 Å². The Hall–Kier alpha value is -1.39. The second kappa shape index (κ2) is 5.43. The van der Waals surface area contributed by atoms with Crippen molar-refractivity contribution in [3.63, 3.8) is 0 Å². The Bertz CT molecular complexity index is 631. The molecule has 4 nitrogen and oxygen atoms in total. The molecule has 3 heterocycles. The summed E-state index contributed by atoms with van der Waals surface area (Å²) in [7, 11) is 1.69. The van der Waals surface area contributed by atoms with Crippen LogP contribution in [0.2, 0.25) is 0 Å². The summed E-state index contributed by atoms with van der Waals surface area (Å²) in [6.45, 7) is 0. The van der Waals surface area contributed by atoms with Gasteiger partial charge in [-0.15, -0.1) is 0 Å². The van der Waals surface area contributed by atoms with Gasteiger partial charge in [-0.25, -0.2) is 0 Å². The number of ether oxygens (including phenoxy) is 2. The second-order valence-electron chi connectivity index (χ2n) is 6.32. The molecule has 1 saturated heterocycles. The molecular weight excluding hydrogens is 264 g/mol. The summed E-state index contributed by atoms with van der Waals surface area (Å²) in [4.78, 5) is 8.07. The van der Waals surface area contributed by atoms with Gasteiger partial charge in [0.25, 0.3) is 0 Å². The van der Waals surface area contributed by atoms with E-state index in [1.54, 1.807) is 7.11 Å². The zero-order chi connectivity index (χ0) is 14.2. The number of rotatable bonds is 4. The Morgan fingerprint density at radius 2 is 2.19 bits per heavy atom. The standard InChI is InChI=1S/C17H22N2O2/c1-20-17-16(21-17)13-7-8-18-14-10-12(19-15(13)14)9-11-5-3-2-4-6-11/h7-8,10-11,16-17,19H,2-6,9H2,1H3. The van der Waals surface area contributed by atoms with Gasteiger partial charge in [0.1, 0.15) is 6.10 Å². The van der Waals surface area contributed by atoms with Crippen molar-refractivity contribution in [3.8, 4) is 0 Å². The highest BCUT2D eigenvalue weighted by molar-refractivity contribution is 5.80. The van der Waals surface area contributed by atoms with Crippen LogP contribution in [0.1, 0.15) is 49.5 Å². The molecule has 1 N–H and O–H groups in total. The first-order chi connectivity index (χ1) is 10.3. The molecule has 2 unspecified atom stereocenters. The van der Waals surface area contributed by atoms with E-state index < -0.39 is 0 Å². The van der Waals surface area contributed by atoms with Gasteiger partial charge in [0.2, 0.25) is 0 Å². The minimum Gasteiger partial charge on any atom is -0.357 e. The zero-order valence-corrected chi connectivity index (χ0v) is 12.5. The van der Waals surface area contributed by atoms with E-state index in [0.29, 0.717) is 0 Å². The van der Waals surface area contributed by atoms with Crippen molar-refractivity contribution in [1.82, 2.24) is 9.97 Å². The SMILES string of the molecule is COC1OC1c1ccnc2cc(CC3CCCCC3)[nH]c12. The van der Waals surface area contributed by atoms with E-state index >= 15 is 0 Å². The van der Waals surface area contributed by atoms with Crippen LogP contribution in [0.4, 0.5) is 0 Å². The molecule has 2 atom stereocenters. The quantitative estimate of drug-likeness (QED) is 0.871. The highest BCUT2D eigenvalue weighted by Crippen LogP contribution is 2.41. The smallest absolute Gasteiger partial charge is 0.188 e. The molecule has 0 radical (unpaired) electrons. The van der Waals surface area contributed by atoms with Gasteiger partial charge in [0.15, 0.2) is 6.29 Å². The molecule has 1 aliphatic heterocycles. The summed E-state index contributed by atoms with van der Waals surface area (Å²) in [5.74, 6) is 0.833. The molecule has 0 bridgehead atoms. The number of hydrogen-bond donors (Lipinski definition) is 1. The third kappa shape index (κ3) is 2.58. The Kier molecular flexibility index (Phi) is 3.43. The highest BCUT2D eigenvalue weighted by atomic mass is 16.8. The number of methoxy groups -OCH3 is 1. The van der Waals surface area contributed by atoms with Crippen molar-refractivity contribution in [3.05, 3.63) is 29.6 Å². The van der Waals surface area contributed by atoms with Gasteiger partial charge >= 0.3 is 0 Å². The van der Waals surface area contributed by atoms with Gasteiger partial charge in [0.05, 0.1) is 11.0 Å². The van der Waals surface area contributed by atoms with Crippen molar-refractivity contribution in [2.75, 3.05) is 7.11 Å². The van der Waals surface area contributed by atoms with Crippen LogP contribution in [0.15, 0.2) is 18.3 Å². The van der Waals surface area contributed by atoms with Crippen LogP contribution in [-0.4, -0.2) is 23.4 Å². The molecule has 0 amide bonds. The van der Waals surface area contributed by atoms with Gasteiger partial charge in [0, 0.05) is 24.6 Å². The minimum atomic E-state index is -0.0966. The third-order valence-electron chi connectivity index (χ3n) is 4.83. The van der Waals surface area contributed by atoms with E-state index in [-0.39, 0.29) is 12.4 Å². The molecule has 2 fully saturated rings. The number of nitrogens with one attached hydrogen (secondary N) is 1. The monoisotopic (exact) mass is 286 g/mol. The fourth-order valence-corrected chi connectivity index (χ4v) is 3.65. The molecule has 4 rings (SSSR count). The summed E-state index contributed by atoms with van der Waals surface area (Å²) in [5.41, 5.74) is 4.64. The molecule has 2 aromatic rings. The molecule has 0 aromatic carbocycles. The van der Waals surface area contributed by atoms with E-state index in [0.717, 1.165) is 23.4 Å². The van der Waals surface area contributed by atoms with Crippen molar-refractivity contribution < 1.29 is 9.47 Å². The lowest BCUT2D eigenvalue weighted by atomic mass is 9.86. The summed E-state index contributed by atoms with van der Waals surface area (Å²) < 4.78 is 10.8. The first-order valence-corrected chi connectivity index (χ1v) is 8.00. The van der Waals surface area contributed by atoms with Crippen LogP contribution in [0.25, 0.3) is 11.0 Å².